The molecule has 0 amide bonds. The maximum absolute atomic E-state index is 12.2. The maximum atomic E-state index is 12.2. The average molecular weight is 312 g/mol. The Morgan fingerprint density at radius 3 is 2.76 bits per heavy atom. The zero-order valence-electron chi connectivity index (χ0n) is 13.1. The molecule has 21 heavy (non-hydrogen) atoms. The number of anilines is 1. The highest BCUT2D eigenvalue weighted by Gasteiger charge is 2.26. The fourth-order valence-electron chi connectivity index (χ4n) is 2.95. The van der Waals surface area contributed by atoms with Crippen molar-refractivity contribution in [2.24, 2.45) is 5.41 Å². The first-order valence-electron chi connectivity index (χ1n) is 8.05. The molecular weight excluding hydrogens is 286 g/mol. The lowest BCUT2D eigenvalue weighted by atomic mass is 9.76. The van der Waals surface area contributed by atoms with Crippen molar-refractivity contribution in [2.75, 3.05) is 11.9 Å². The highest BCUT2D eigenvalue weighted by molar-refractivity contribution is 6.32. The topological polar surface area (TPSA) is 46.9 Å². The summed E-state index contributed by atoms with van der Waals surface area (Å²) in [6, 6.07) is 0. The Balaban J connectivity index is 2.03. The van der Waals surface area contributed by atoms with Crippen molar-refractivity contribution in [3.05, 3.63) is 21.6 Å². The Kier molecular flexibility index (Phi) is 5.68. The van der Waals surface area contributed by atoms with Gasteiger partial charge < -0.3 is 5.32 Å². The van der Waals surface area contributed by atoms with E-state index < -0.39 is 0 Å². The lowest BCUT2D eigenvalue weighted by Crippen LogP contribution is -2.30. The minimum Gasteiger partial charge on any atom is -0.382 e. The van der Waals surface area contributed by atoms with Crippen molar-refractivity contribution in [3.63, 3.8) is 0 Å². The van der Waals surface area contributed by atoms with Crippen molar-refractivity contribution in [1.29, 1.82) is 0 Å². The molecule has 0 radical (unpaired) electrons. The third kappa shape index (κ3) is 4.22. The molecule has 5 heteroatoms. The Labute approximate surface area is 131 Å². The molecular formula is C16H26ClN3O. The Hall–Kier alpha value is -1.03. The van der Waals surface area contributed by atoms with Crippen LogP contribution in [0.4, 0.5) is 5.69 Å². The van der Waals surface area contributed by atoms with Gasteiger partial charge in [-0.25, -0.2) is 4.68 Å². The first-order valence-corrected chi connectivity index (χ1v) is 8.43. The number of aromatic nitrogens is 2. The van der Waals surface area contributed by atoms with E-state index in [0.717, 1.165) is 19.4 Å². The average Bonchev–Trinajstić information content (AvgIpc) is 2.48. The van der Waals surface area contributed by atoms with Crippen molar-refractivity contribution in [1.82, 2.24) is 9.78 Å². The second-order valence-corrected chi connectivity index (χ2v) is 6.86. The summed E-state index contributed by atoms with van der Waals surface area (Å²) in [6.45, 7) is 5.89. The van der Waals surface area contributed by atoms with E-state index in [9.17, 15) is 4.79 Å². The summed E-state index contributed by atoms with van der Waals surface area (Å²) in [5.74, 6) is 0. The van der Waals surface area contributed by atoms with E-state index in [1.165, 1.54) is 36.8 Å². The molecule has 1 saturated carbocycles. The van der Waals surface area contributed by atoms with E-state index in [0.29, 0.717) is 17.6 Å². The molecule has 0 spiro atoms. The molecule has 0 aromatic carbocycles. The SMILES string of the molecule is CCCCn1ncc(NCC2(C)CCCCC2)c(Cl)c1=O. The second kappa shape index (κ2) is 7.30. The quantitative estimate of drug-likeness (QED) is 0.861. The van der Waals surface area contributed by atoms with E-state index in [4.69, 9.17) is 11.6 Å². The molecule has 1 aromatic heterocycles. The number of nitrogens with zero attached hydrogens (tertiary/aromatic N) is 2. The van der Waals surface area contributed by atoms with E-state index in [2.05, 4.69) is 24.3 Å². The summed E-state index contributed by atoms with van der Waals surface area (Å²) in [7, 11) is 0. The maximum Gasteiger partial charge on any atom is 0.287 e. The van der Waals surface area contributed by atoms with Crippen molar-refractivity contribution in [3.8, 4) is 0 Å². The van der Waals surface area contributed by atoms with Gasteiger partial charge >= 0.3 is 0 Å². The van der Waals surface area contributed by atoms with Crippen LogP contribution in [-0.2, 0) is 6.54 Å². The minimum absolute atomic E-state index is 0.191. The standard InChI is InChI=1S/C16H26ClN3O/c1-3-4-10-20-15(21)14(17)13(11-19-20)18-12-16(2)8-6-5-7-9-16/h11,18H,3-10,12H2,1-2H3. The van der Waals surface area contributed by atoms with Crippen LogP contribution >= 0.6 is 11.6 Å². The number of hydrogen-bond acceptors (Lipinski definition) is 3. The van der Waals surface area contributed by atoms with Crippen LogP contribution in [0.2, 0.25) is 5.02 Å². The summed E-state index contributed by atoms with van der Waals surface area (Å²) in [5, 5.41) is 7.82. The van der Waals surface area contributed by atoms with Gasteiger partial charge in [0.05, 0.1) is 11.9 Å². The molecule has 118 valence electrons. The molecule has 0 bridgehead atoms. The molecule has 1 aliphatic rings. The zero-order chi connectivity index (χ0) is 15.3. The fourth-order valence-corrected chi connectivity index (χ4v) is 3.16. The molecule has 0 unspecified atom stereocenters. The van der Waals surface area contributed by atoms with Gasteiger partial charge in [-0.3, -0.25) is 4.79 Å². The van der Waals surface area contributed by atoms with Gasteiger partial charge in [-0.2, -0.15) is 5.10 Å². The third-order valence-corrected chi connectivity index (χ3v) is 4.84. The van der Waals surface area contributed by atoms with Crippen molar-refractivity contribution >= 4 is 17.3 Å². The normalized spacial score (nSPS) is 17.7. The Morgan fingerprint density at radius 1 is 1.38 bits per heavy atom. The van der Waals surface area contributed by atoms with E-state index >= 15 is 0 Å². The number of rotatable bonds is 6. The van der Waals surface area contributed by atoms with Crippen LogP contribution in [0.25, 0.3) is 0 Å². The van der Waals surface area contributed by atoms with Gasteiger partial charge in [-0.1, -0.05) is 51.1 Å². The Morgan fingerprint density at radius 2 is 2.10 bits per heavy atom. The number of unbranched alkanes of at least 4 members (excludes halogenated alkanes) is 1. The predicted molar refractivity (Wildman–Crippen MR) is 88.1 cm³/mol. The molecule has 2 rings (SSSR count). The number of nitrogens with one attached hydrogen (secondary N) is 1. The Bertz CT molecular complexity index is 521. The molecule has 0 aliphatic heterocycles. The van der Waals surface area contributed by atoms with Crippen LogP contribution in [0.15, 0.2) is 11.0 Å². The monoisotopic (exact) mass is 311 g/mol. The molecule has 1 N–H and O–H groups in total. The molecule has 1 fully saturated rings. The van der Waals surface area contributed by atoms with Gasteiger partial charge in [0.15, 0.2) is 0 Å². The van der Waals surface area contributed by atoms with E-state index in [1.807, 2.05) is 0 Å². The number of aryl methyl sites for hydroxylation is 1. The zero-order valence-corrected chi connectivity index (χ0v) is 13.9. The largest absolute Gasteiger partial charge is 0.382 e. The summed E-state index contributed by atoms with van der Waals surface area (Å²) in [5.41, 5.74) is 0.781. The lowest BCUT2D eigenvalue weighted by molar-refractivity contribution is 0.233. The van der Waals surface area contributed by atoms with Gasteiger partial charge in [0.25, 0.3) is 5.56 Å². The minimum atomic E-state index is -0.191. The van der Waals surface area contributed by atoms with Crippen LogP contribution in [0.5, 0.6) is 0 Å². The van der Waals surface area contributed by atoms with Crippen LogP contribution in [0.3, 0.4) is 0 Å². The van der Waals surface area contributed by atoms with Gasteiger partial charge in [0.2, 0.25) is 0 Å². The summed E-state index contributed by atoms with van der Waals surface area (Å²) in [4.78, 5) is 12.2. The van der Waals surface area contributed by atoms with Crippen LogP contribution in [0, 0.1) is 5.41 Å². The van der Waals surface area contributed by atoms with Gasteiger partial charge in [-0.05, 0) is 24.7 Å². The summed E-state index contributed by atoms with van der Waals surface area (Å²) in [6.07, 6.45) is 10.1. The highest BCUT2D eigenvalue weighted by Crippen LogP contribution is 2.36. The fraction of sp³-hybridized carbons (Fsp3) is 0.750. The number of halogens is 1. The lowest BCUT2D eigenvalue weighted by Gasteiger charge is -2.34. The van der Waals surface area contributed by atoms with E-state index in [-0.39, 0.29) is 10.6 Å². The van der Waals surface area contributed by atoms with Crippen LogP contribution in [0.1, 0.15) is 58.8 Å². The molecule has 0 atom stereocenters. The molecule has 1 aromatic rings. The number of hydrogen-bond donors (Lipinski definition) is 1. The van der Waals surface area contributed by atoms with Gasteiger partial charge in [0, 0.05) is 13.1 Å². The highest BCUT2D eigenvalue weighted by atomic mass is 35.5. The molecule has 1 heterocycles. The first kappa shape index (κ1) is 16.3. The molecule has 4 nitrogen and oxygen atoms in total. The van der Waals surface area contributed by atoms with E-state index in [1.54, 1.807) is 6.20 Å². The summed E-state index contributed by atoms with van der Waals surface area (Å²) >= 11 is 6.20. The first-order chi connectivity index (χ1) is 10.1. The van der Waals surface area contributed by atoms with Gasteiger partial charge in [0.1, 0.15) is 5.02 Å². The second-order valence-electron chi connectivity index (χ2n) is 6.48. The smallest absolute Gasteiger partial charge is 0.287 e. The summed E-state index contributed by atoms with van der Waals surface area (Å²) < 4.78 is 1.46. The molecule has 1 aliphatic carbocycles. The van der Waals surface area contributed by atoms with Crippen LogP contribution < -0.4 is 10.9 Å². The van der Waals surface area contributed by atoms with Crippen LogP contribution in [-0.4, -0.2) is 16.3 Å². The van der Waals surface area contributed by atoms with Gasteiger partial charge in [-0.15, -0.1) is 0 Å². The predicted octanol–water partition coefficient (Wildman–Crippen LogP) is 4.08. The third-order valence-electron chi connectivity index (χ3n) is 4.47. The van der Waals surface area contributed by atoms with Crippen molar-refractivity contribution < 1.29 is 0 Å². The van der Waals surface area contributed by atoms with Crippen molar-refractivity contribution in [2.45, 2.75) is 65.3 Å². The molecule has 0 saturated heterocycles.